The number of sulfonamides is 1. The summed E-state index contributed by atoms with van der Waals surface area (Å²) in [4.78, 5) is 0. The summed E-state index contributed by atoms with van der Waals surface area (Å²) >= 11 is 5.57. The minimum atomic E-state index is -3.20. The van der Waals surface area contributed by atoms with E-state index in [0.29, 0.717) is 25.4 Å². The molecule has 1 aromatic rings. The fourth-order valence-electron chi connectivity index (χ4n) is 1.72. The van der Waals surface area contributed by atoms with Crippen molar-refractivity contribution < 1.29 is 8.42 Å². The van der Waals surface area contributed by atoms with Crippen LogP contribution < -0.4 is 0 Å². The Labute approximate surface area is 115 Å². The van der Waals surface area contributed by atoms with Crippen LogP contribution in [0.2, 0.25) is 0 Å². The zero-order valence-corrected chi connectivity index (χ0v) is 12.3. The lowest BCUT2D eigenvalue weighted by atomic mass is 10.2. The molecule has 0 aliphatic heterocycles. The average Bonchev–Trinajstić information content (AvgIpc) is 2.37. The Morgan fingerprint density at radius 1 is 1.22 bits per heavy atom. The van der Waals surface area contributed by atoms with Crippen molar-refractivity contribution in [2.75, 3.05) is 18.2 Å². The molecular formula is C13H20ClNO2S. The van der Waals surface area contributed by atoms with Gasteiger partial charge < -0.3 is 0 Å². The molecule has 0 fully saturated rings. The van der Waals surface area contributed by atoms with Crippen molar-refractivity contribution >= 4 is 21.6 Å². The Bertz CT molecular complexity index is 434. The van der Waals surface area contributed by atoms with E-state index in [0.717, 1.165) is 12.0 Å². The van der Waals surface area contributed by atoms with E-state index in [2.05, 4.69) is 0 Å². The van der Waals surface area contributed by atoms with Crippen molar-refractivity contribution in [3.05, 3.63) is 35.9 Å². The van der Waals surface area contributed by atoms with Gasteiger partial charge in [-0.05, 0) is 18.4 Å². The molecule has 0 radical (unpaired) electrons. The molecule has 0 aliphatic carbocycles. The second kappa shape index (κ2) is 7.77. The van der Waals surface area contributed by atoms with Gasteiger partial charge in [0.25, 0.3) is 0 Å². The zero-order valence-electron chi connectivity index (χ0n) is 10.7. The quantitative estimate of drug-likeness (QED) is 0.690. The maximum absolute atomic E-state index is 12.2. The summed E-state index contributed by atoms with van der Waals surface area (Å²) in [6, 6.07) is 9.66. The third-order valence-corrected chi connectivity index (χ3v) is 4.77. The van der Waals surface area contributed by atoms with Crippen molar-refractivity contribution in [1.29, 1.82) is 0 Å². The van der Waals surface area contributed by atoms with Gasteiger partial charge in [0.1, 0.15) is 0 Å². The molecule has 5 heteroatoms. The molecule has 102 valence electrons. The van der Waals surface area contributed by atoms with Crippen LogP contribution in [0.1, 0.15) is 25.3 Å². The lowest BCUT2D eigenvalue weighted by Crippen LogP contribution is -2.33. The van der Waals surface area contributed by atoms with E-state index in [9.17, 15) is 8.42 Å². The average molecular weight is 290 g/mol. The van der Waals surface area contributed by atoms with E-state index in [1.54, 1.807) is 4.31 Å². The smallest absolute Gasteiger partial charge is 0.212 e. The molecule has 1 aromatic carbocycles. The van der Waals surface area contributed by atoms with Crippen LogP contribution in [0, 0.1) is 0 Å². The third kappa shape index (κ3) is 4.96. The molecule has 0 heterocycles. The van der Waals surface area contributed by atoms with Gasteiger partial charge in [-0.25, -0.2) is 8.42 Å². The highest BCUT2D eigenvalue weighted by Crippen LogP contribution is 2.11. The number of hydrogen-bond acceptors (Lipinski definition) is 2. The lowest BCUT2D eigenvalue weighted by Gasteiger charge is -2.21. The zero-order chi connectivity index (χ0) is 13.4. The van der Waals surface area contributed by atoms with E-state index in [4.69, 9.17) is 11.6 Å². The number of nitrogens with zero attached hydrogens (tertiary/aromatic N) is 1. The SMILES string of the molecule is CCCN(Cc1ccccc1)S(=O)(=O)CCCCl. The second-order valence-electron chi connectivity index (χ2n) is 4.18. The van der Waals surface area contributed by atoms with Gasteiger partial charge >= 0.3 is 0 Å². The molecule has 0 aliphatic rings. The number of alkyl halides is 1. The van der Waals surface area contributed by atoms with E-state index in [-0.39, 0.29) is 5.75 Å². The molecular weight excluding hydrogens is 270 g/mol. The molecule has 0 aromatic heterocycles. The normalized spacial score (nSPS) is 11.9. The minimum absolute atomic E-state index is 0.128. The predicted molar refractivity (Wildman–Crippen MR) is 76.3 cm³/mol. The third-order valence-electron chi connectivity index (χ3n) is 2.60. The second-order valence-corrected chi connectivity index (χ2v) is 6.64. The van der Waals surface area contributed by atoms with Gasteiger partial charge in [-0.1, -0.05) is 37.3 Å². The highest BCUT2D eigenvalue weighted by atomic mass is 35.5. The summed E-state index contributed by atoms with van der Waals surface area (Å²) in [5.74, 6) is 0.508. The van der Waals surface area contributed by atoms with Crippen LogP contribution in [0.5, 0.6) is 0 Å². The van der Waals surface area contributed by atoms with Gasteiger partial charge in [-0.15, -0.1) is 11.6 Å². The minimum Gasteiger partial charge on any atom is -0.212 e. The first-order valence-electron chi connectivity index (χ1n) is 6.18. The summed E-state index contributed by atoms with van der Waals surface area (Å²) < 4.78 is 25.9. The number of benzene rings is 1. The summed E-state index contributed by atoms with van der Waals surface area (Å²) in [6.07, 6.45) is 1.31. The maximum atomic E-state index is 12.2. The topological polar surface area (TPSA) is 37.4 Å². The van der Waals surface area contributed by atoms with Crippen LogP contribution in [0.25, 0.3) is 0 Å². The highest BCUT2D eigenvalue weighted by molar-refractivity contribution is 7.89. The molecule has 0 amide bonds. The Kier molecular flexibility index (Phi) is 6.68. The van der Waals surface area contributed by atoms with Gasteiger partial charge in [0.15, 0.2) is 0 Å². The molecule has 0 unspecified atom stereocenters. The van der Waals surface area contributed by atoms with Gasteiger partial charge in [-0.3, -0.25) is 0 Å². The Morgan fingerprint density at radius 3 is 2.44 bits per heavy atom. The van der Waals surface area contributed by atoms with Crippen LogP contribution in [-0.4, -0.2) is 30.9 Å². The number of hydrogen-bond donors (Lipinski definition) is 0. The molecule has 0 saturated carbocycles. The molecule has 0 bridgehead atoms. The van der Waals surface area contributed by atoms with Gasteiger partial charge in [0.2, 0.25) is 10.0 Å². The van der Waals surface area contributed by atoms with Crippen LogP contribution in [0.4, 0.5) is 0 Å². The van der Waals surface area contributed by atoms with Crippen LogP contribution >= 0.6 is 11.6 Å². The van der Waals surface area contributed by atoms with E-state index in [1.807, 2.05) is 37.3 Å². The number of halogens is 1. The van der Waals surface area contributed by atoms with Gasteiger partial charge in [-0.2, -0.15) is 4.31 Å². The number of rotatable bonds is 8. The maximum Gasteiger partial charge on any atom is 0.214 e. The van der Waals surface area contributed by atoms with Crippen molar-refractivity contribution in [3.8, 4) is 0 Å². The summed E-state index contributed by atoms with van der Waals surface area (Å²) in [6.45, 7) is 2.98. The standard InChI is InChI=1S/C13H20ClNO2S/c1-2-10-15(18(16,17)11-6-9-14)12-13-7-4-3-5-8-13/h3-5,7-8H,2,6,9-12H2,1H3. The van der Waals surface area contributed by atoms with Crippen LogP contribution in [0.15, 0.2) is 30.3 Å². The monoisotopic (exact) mass is 289 g/mol. The first kappa shape index (κ1) is 15.5. The Hall–Kier alpha value is -0.580. The van der Waals surface area contributed by atoms with E-state index in [1.165, 1.54) is 0 Å². The molecule has 0 atom stereocenters. The van der Waals surface area contributed by atoms with Crippen LogP contribution in [-0.2, 0) is 16.6 Å². The lowest BCUT2D eigenvalue weighted by molar-refractivity contribution is 0.405. The molecule has 0 saturated heterocycles. The molecule has 1 rings (SSSR count). The summed E-state index contributed by atoms with van der Waals surface area (Å²) in [7, 11) is -3.20. The van der Waals surface area contributed by atoms with Crippen molar-refractivity contribution in [2.45, 2.75) is 26.3 Å². The van der Waals surface area contributed by atoms with Gasteiger partial charge in [0, 0.05) is 19.0 Å². The van der Waals surface area contributed by atoms with Crippen molar-refractivity contribution in [3.63, 3.8) is 0 Å². The van der Waals surface area contributed by atoms with Crippen LogP contribution in [0.3, 0.4) is 0 Å². The molecule has 3 nitrogen and oxygen atoms in total. The first-order valence-corrected chi connectivity index (χ1v) is 8.32. The van der Waals surface area contributed by atoms with Gasteiger partial charge in [0.05, 0.1) is 5.75 Å². The fraction of sp³-hybridized carbons (Fsp3) is 0.538. The van der Waals surface area contributed by atoms with Crippen molar-refractivity contribution in [2.24, 2.45) is 0 Å². The largest absolute Gasteiger partial charge is 0.214 e. The fourth-order valence-corrected chi connectivity index (χ4v) is 3.58. The van der Waals surface area contributed by atoms with E-state index < -0.39 is 10.0 Å². The highest BCUT2D eigenvalue weighted by Gasteiger charge is 2.20. The van der Waals surface area contributed by atoms with E-state index >= 15 is 0 Å². The summed E-state index contributed by atoms with van der Waals surface area (Å²) in [5, 5.41) is 0. The first-order chi connectivity index (χ1) is 8.60. The Morgan fingerprint density at radius 2 is 1.89 bits per heavy atom. The van der Waals surface area contributed by atoms with Crippen molar-refractivity contribution in [1.82, 2.24) is 4.31 Å². The predicted octanol–water partition coefficient (Wildman–Crippen LogP) is 2.86. The summed E-state index contributed by atoms with van der Waals surface area (Å²) in [5.41, 5.74) is 1.01. The Balaban J connectivity index is 2.76. The molecule has 18 heavy (non-hydrogen) atoms. The molecule has 0 N–H and O–H groups in total. The molecule has 0 spiro atoms.